The average Bonchev–Trinajstić information content (AvgIpc) is 2.15. The third-order valence-corrected chi connectivity index (χ3v) is 1.63. The third-order valence-electron chi connectivity index (χ3n) is 1.63. The topological polar surface area (TPSA) is 12.0 Å². The van der Waals surface area contributed by atoms with Gasteiger partial charge in [0.15, 0.2) is 0 Å². The Bertz CT molecular complexity index is 83.8. The van der Waals surface area contributed by atoms with E-state index in [4.69, 9.17) is 0 Å². The molecule has 10 heavy (non-hydrogen) atoms. The summed E-state index contributed by atoms with van der Waals surface area (Å²) in [7, 11) is 0. The number of hydrogen-bond acceptors (Lipinski definition) is 1. The third kappa shape index (κ3) is 3.32. The van der Waals surface area contributed by atoms with E-state index in [9.17, 15) is 8.78 Å². The Balaban J connectivity index is 0.000000810. The number of rotatable bonds is 2. The zero-order chi connectivity index (χ0) is 6.69. The quantitative estimate of drug-likeness (QED) is 0.669. The molecule has 0 aromatic carbocycles. The van der Waals surface area contributed by atoms with Gasteiger partial charge >= 0.3 is 0 Å². The van der Waals surface area contributed by atoms with E-state index in [1.165, 1.54) is 0 Å². The molecule has 0 aromatic heterocycles. The highest BCUT2D eigenvalue weighted by Crippen LogP contribution is 2.12. The summed E-state index contributed by atoms with van der Waals surface area (Å²) in [5.74, 6) is 0. The Hall–Kier alpha value is 0.110. The van der Waals surface area contributed by atoms with Crippen LogP contribution in [0.5, 0.6) is 0 Å². The molecule has 1 nitrogen and oxygen atoms in total. The molecule has 0 aliphatic carbocycles. The molecule has 1 rings (SSSR count). The lowest BCUT2D eigenvalue weighted by atomic mass is 10.2. The molecule has 1 fully saturated rings. The minimum atomic E-state index is -2.14. The van der Waals surface area contributed by atoms with Gasteiger partial charge in [-0.25, -0.2) is 8.78 Å². The van der Waals surface area contributed by atoms with E-state index >= 15 is 0 Å². The fourth-order valence-corrected chi connectivity index (χ4v) is 1.17. The molecule has 1 heterocycles. The first kappa shape index (κ1) is 10.1. The molecule has 0 saturated carbocycles. The predicted octanol–water partition coefficient (Wildman–Crippen LogP) is 1.82. The van der Waals surface area contributed by atoms with Gasteiger partial charge in [0.05, 0.1) is 0 Å². The first-order valence-corrected chi connectivity index (χ1v) is 3.30. The largest absolute Gasteiger partial charge is 0.314 e. The molecule has 1 saturated heterocycles. The smallest absolute Gasteiger partial charge is 0.240 e. The Morgan fingerprint density at radius 1 is 1.50 bits per heavy atom. The lowest BCUT2D eigenvalue weighted by molar-refractivity contribution is 0.125. The van der Waals surface area contributed by atoms with Crippen LogP contribution in [0.1, 0.15) is 19.3 Å². The van der Waals surface area contributed by atoms with Gasteiger partial charge in [0.2, 0.25) is 6.43 Å². The van der Waals surface area contributed by atoms with E-state index < -0.39 is 6.43 Å². The van der Waals surface area contributed by atoms with Crippen LogP contribution in [0.2, 0.25) is 0 Å². The second-order valence-electron chi connectivity index (χ2n) is 2.42. The van der Waals surface area contributed by atoms with Crippen molar-refractivity contribution in [3.63, 3.8) is 0 Å². The Kier molecular flexibility index (Phi) is 4.91. The summed E-state index contributed by atoms with van der Waals surface area (Å²) in [6.07, 6.45) is -0.137. The van der Waals surface area contributed by atoms with Gasteiger partial charge in [0, 0.05) is 12.5 Å². The van der Waals surface area contributed by atoms with Gasteiger partial charge in [-0.3, -0.25) is 0 Å². The maximum Gasteiger partial charge on any atom is 0.240 e. The van der Waals surface area contributed by atoms with E-state index in [0.29, 0.717) is 0 Å². The first-order valence-electron chi connectivity index (χ1n) is 3.30. The van der Waals surface area contributed by atoms with Crippen molar-refractivity contribution in [3.8, 4) is 0 Å². The second-order valence-corrected chi connectivity index (χ2v) is 2.42. The van der Waals surface area contributed by atoms with Crippen LogP contribution in [-0.4, -0.2) is 19.0 Å². The minimum Gasteiger partial charge on any atom is -0.314 e. The Morgan fingerprint density at radius 2 is 2.20 bits per heavy atom. The van der Waals surface area contributed by atoms with Gasteiger partial charge in [0.25, 0.3) is 0 Å². The number of nitrogens with one attached hydrogen (secondary N) is 1. The number of halogens is 3. The highest BCUT2D eigenvalue weighted by Gasteiger charge is 2.17. The predicted molar refractivity (Wildman–Crippen MR) is 38.9 cm³/mol. The van der Waals surface area contributed by atoms with Crippen LogP contribution in [0.25, 0.3) is 0 Å². The van der Waals surface area contributed by atoms with E-state index in [1.807, 2.05) is 0 Å². The van der Waals surface area contributed by atoms with Gasteiger partial charge in [-0.15, -0.1) is 12.4 Å². The zero-order valence-corrected chi connectivity index (χ0v) is 6.46. The van der Waals surface area contributed by atoms with E-state index in [0.717, 1.165) is 19.4 Å². The van der Waals surface area contributed by atoms with Gasteiger partial charge in [-0.05, 0) is 19.4 Å². The van der Waals surface area contributed by atoms with Crippen LogP contribution < -0.4 is 5.32 Å². The zero-order valence-electron chi connectivity index (χ0n) is 5.65. The Morgan fingerprint density at radius 3 is 2.60 bits per heavy atom. The van der Waals surface area contributed by atoms with E-state index in [2.05, 4.69) is 5.32 Å². The SMILES string of the molecule is Cl.FC(F)CC1CCCN1. The normalized spacial score (nSPS) is 24.9. The molecule has 0 radical (unpaired) electrons. The lowest BCUT2D eigenvalue weighted by Crippen LogP contribution is -2.23. The molecule has 1 unspecified atom stereocenters. The van der Waals surface area contributed by atoms with Gasteiger partial charge in [-0.1, -0.05) is 0 Å². The van der Waals surface area contributed by atoms with Crippen LogP contribution in [0.4, 0.5) is 8.78 Å². The van der Waals surface area contributed by atoms with Gasteiger partial charge in [-0.2, -0.15) is 0 Å². The minimum absolute atomic E-state index is 0. The monoisotopic (exact) mass is 171 g/mol. The van der Waals surface area contributed by atoms with Crippen molar-refractivity contribution in [1.82, 2.24) is 5.32 Å². The standard InChI is InChI=1S/C6H11F2N.ClH/c7-6(8)4-5-2-1-3-9-5;/h5-6,9H,1-4H2;1H. The van der Waals surface area contributed by atoms with Crippen molar-refractivity contribution in [3.05, 3.63) is 0 Å². The molecule has 1 atom stereocenters. The summed E-state index contributed by atoms with van der Waals surface area (Å²) in [6, 6.07) is 0.0880. The van der Waals surface area contributed by atoms with Crippen molar-refractivity contribution in [2.75, 3.05) is 6.54 Å². The molecule has 0 amide bonds. The van der Waals surface area contributed by atoms with Gasteiger partial charge in [0.1, 0.15) is 0 Å². The first-order chi connectivity index (χ1) is 4.29. The molecule has 0 spiro atoms. The van der Waals surface area contributed by atoms with Crippen molar-refractivity contribution >= 4 is 12.4 Å². The molecule has 62 valence electrons. The Labute approximate surface area is 65.6 Å². The number of hydrogen-bond donors (Lipinski definition) is 1. The van der Waals surface area contributed by atoms with Crippen LogP contribution in [0.15, 0.2) is 0 Å². The molecule has 0 bridgehead atoms. The fraction of sp³-hybridized carbons (Fsp3) is 1.00. The summed E-state index contributed by atoms with van der Waals surface area (Å²) >= 11 is 0. The van der Waals surface area contributed by atoms with Crippen molar-refractivity contribution in [1.29, 1.82) is 0 Å². The molecule has 1 aliphatic rings. The fourth-order valence-electron chi connectivity index (χ4n) is 1.17. The number of alkyl halides is 2. The highest BCUT2D eigenvalue weighted by molar-refractivity contribution is 5.85. The van der Waals surface area contributed by atoms with Gasteiger partial charge < -0.3 is 5.32 Å². The van der Waals surface area contributed by atoms with Crippen molar-refractivity contribution in [2.24, 2.45) is 0 Å². The molecule has 0 aromatic rings. The molecular weight excluding hydrogens is 160 g/mol. The van der Waals surface area contributed by atoms with Crippen LogP contribution in [0.3, 0.4) is 0 Å². The highest BCUT2D eigenvalue weighted by atomic mass is 35.5. The lowest BCUT2D eigenvalue weighted by Gasteiger charge is -2.07. The molecule has 4 heteroatoms. The second kappa shape index (κ2) is 4.85. The van der Waals surface area contributed by atoms with E-state index in [-0.39, 0.29) is 24.9 Å². The van der Waals surface area contributed by atoms with E-state index in [1.54, 1.807) is 0 Å². The molecular formula is C6H12ClF2N. The summed E-state index contributed by atoms with van der Waals surface area (Å²) < 4.78 is 23.3. The summed E-state index contributed by atoms with van der Waals surface area (Å²) in [6.45, 7) is 0.914. The van der Waals surface area contributed by atoms with Crippen molar-refractivity contribution < 1.29 is 8.78 Å². The summed E-state index contributed by atoms with van der Waals surface area (Å²) in [5.41, 5.74) is 0. The molecule has 1 N–H and O–H groups in total. The maximum atomic E-state index is 11.6. The average molecular weight is 172 g/mol. The summed E-state index contributed by atoms with van der Waals surface area (Å²) in [4.78, 5) is 0. The van der Waals surface area contributed by atoms with Crippen LogP contribution in [-0.2, 0) is 0 Å². The maximum absolute atomic E-state index is 11.6. The summed E-state index contributed by atoms with van der Waals surface area (Å²) in [5, 5.41) is 3.01. The van der Waals surface area contributed by atoms with Crippen molar-refractivity contribution in [2.45, 2.75) is 31.7 Å². The van der Waals surface area contributed by atoms with Crippen LogP contribution in [0, 0.1) is 0 Å². The van der Waals surface area contributed by atoms with Crippen LogP contribution >= 0.6 is 12.4 Å². The molecule has 1 aliphatic heterocycles.